The number of likely N-dealkylation sites (tertiary alicyclic amines) is 1. The summed E-state index contributed by atoms with van der Waals surface area (Å²) in [6.07, 6.45) is 1.50. The second-order valence-electron chi connectivity index (χ2n) is 8.93. The zero-order valence-corrected chi connectivity index (χ0v) is 21.9. The molecule has 1 saturated heterocycles. The Balaban J connectivity index is 1.58. The Morgan fingerprint density at radius 2 is 1.74 bits per heavy atom. The van der Waals surface area contributed by atoms with Gasteiger partial charge in [-0.3, -0.25) is 9.59 Å². The zero-order valence-electron chi connectivity index (χ0n) is 21.2. The topological polar surface area (TPSA) is 89.2 Å². The highest BCUT2D eigenvalue weighted by atomic mass is 35.5. The van der Waals surface area contributed by atoms with Crippen LogP contribution in [0.1, 0.15) is 35.4 Å². The fraction of sp³-hybridized carbons (Fsp3) is 0.161. The Hall–Kier alpha value is -4.49. The first-order chi connectivity index (χ1) is 19.0. The highest BCUT2D eigenvalue weighted by molar-refractivity contribution is 6.47. The summed E-state index contributed by atoms with van der Waals surface area (Å²) in [7, 11) is 0. The molecule has 1 amide bonds. The maximum Gasteiger partial charge on any atom is 0.296 e. The van der Waals surface area contributed by atoms with Crippen molar-refractivity contribution in [3.05, 3.63) is 124 Å². The van der Waals surface area contributed by atoms with E-state index in [1.807, 2.05) is 37.3 Å². The highest BCUT2D eigenvalue weighted by Gasteiger charge is 2.46. The lowest BCUT2D eigenvalue weighted by atomic mass is 9.95. The predicted octanol–water partition coefficient (Wildman–Crippen LogP) is 6.53. The molecule has 3 aromatic carbocycles. The number of carbonyl (C=O) groups excluding carboxylic acids is 2. The minimum Gasteiger partial charge on any atom is -0.507 e. The Morgan fingerprint density at radius 1 is 0.949 bits per heavy atom. The van der Waals surface area contributed by atoms with Gasteiger partial charge in [0.1, 0.15) is 29.6 Å². The molecule has 8 heteroatoms. The van der Waals surface area contributed by atoms with Gasteiger partial charge in [-0.15, -0.1) is 0 Å². The monoisotopic (exact) mass is 543 g/mol. The molecule has 1 unspecified atom stereocenters. The van der Waals surface area contributed by atoms with Gasteiger partial charge in [0, 0.05) is 5.56 Å². The van der Waals surface area contributed by atoms with Crippen LogP contribution >= 0.6 is 11.6 Å². The number of furan rings is 1. The van der Waals surface area contributed by atoms with Crippen molar-refractivity contribution in [3.8, 4) is 11.5 Å². The van der Waals surface area contributed by atoms with Crippen LogP contribution in [0.15, 0.2) is 101 Å². The Bertz CT molecular complexity index is 1510. The molecule has 0 saturated carbocycles. The maximum absolute atomic E-state index is 13.4. The molecule has 198 valence electrons. The molecule has 7 nitrogen and oxygen atoms in total. The first-order valence-corrected chi connectivity index (χ1v) is 12.8. The van der Waals surface area contributed by atoms with Crippen LogP contribution in [-0.4, -0.2) is 28.3 Å². The predicted molar refractivity (Wildman–Crippen MR) is 146 cm³/mol. The summed E-state index contributed by atoms with van der Waals surface area (Å²) in [4.78, 5) is 28.1. The van der Waals surface area contributed by atoms with Crippen molar-refractivity contribution < 1.29 is 28.6 Å². The molecule has 0 bridgehead atoms. The minimum atomic E-state index is -0.915. The van der Waals surface area contributed by atoms with Gasteiger partial charge in [0.05, 0.1) is 36.1 Å². The second-order valence-corrected chi connectivity index (χ2v) is 9.33. The van der Waals surface area contributed by atoms with Gasteiger partial charge in [-0.05, 0) is 60.5 Å². The number of hydrogen-bond acceptors (Lipinski definition) is 6. The van der Waals surface area contributed by atoms with E-state index < -0.39 is 17.7 Å². The number of benzene rings is 3. The summed E-state index contributed by atoms with van der Waals surface area (Å²) in [6, 6.07) is 24.2. The van der Waals surface area contributed by atoms with E-state index in [9.17, 15) is 14.7 Å². The summed E-state index contributed by atoms with van der Waals surface area (Å²) < 4.78 is 17.0. The van der Waals surface area contributed by atoms with Gasteiger partial charge in [0.25, 0.3) is 11.7 Å². The number of ether oxygens (including phenoxy) is 2. The van der Waals surface area contributed by atoms with Gasteiger partial charge >= 0.3 is 0 Å². The van der Waals surface area contributed by atoms with E-state index in [4.69, 9.17) is 25.5 Å². The third-order valence-electron chi connectivity index (χ3n) is 6.37. The lowest BCUT2D eigenvalue weighted by molar-refractivity contribution is -0.140. The van der Waals surface area contributed by atoms with E-state index in [-0.39, 0.29) is 28.5 Å². The molecule has 39 heavy (non-hydrogen) atoms. The average molecular weight is 544 g/mol. The molecule has 2 heterocycles. The van der Waals surface area contributed by atoms with Crippen LogP contribution in [0.4, 0.5) is 0 Å². The average Bonchev–Trinajstić information content (AvgIpc) is 3.56. The van der Waals surface area contributed by atoms with Crippen molar-refractivity contribution >= 4 is 29.1 Å². The van der Waals surface area contributed by atoms with Gasteiger partial charge in [0.2, 0.25) is 0 Å². The van der Waals surface area contributed by atoms with Crippen LogP contribution in [0.2, 0.25) is 5.02 Å². The fourth-order valence-corrected chi connectivity index (χ4v) is 4.77. The number of rotatable bonds is 9. The Labute approximate surface area is 230 Å². The van der Waals surface area contributed by atoms with E-state index in [0.29, 0.717) is 36.0 Å². The number of aliphatic hydroxyl groups is 1. The van der Waals surface area contributed by atoms with E-state index >= 15 is 0 Å². The van der Waals surface area contributed by atoms with E-state index in [1.165, 1.54) is 11.2 Å². The van der Waals surface area contributed by atoms with Crippen molar-refractivity contribution in [1.29, 1.82) is 0 Å². The first-order valence-electron chi connectivity index (χ1n) is 12.5. The number of halogens is 1. The van der Waals surface area contributed by atoms with Gasteiger partial charge in [0.15, 0.2) is 0 Å². The quantitative estimate of drug-likeness (QED) is 0.147. The summed E-state index contributed by atoms with van der Waals surface area (Å²) in [5.41, 5.74) is 1.70. The van der Waals surface area contributed by atoms with Gasteiger partial charge in [-0.1, -0.05) is 54.1 Å². The number of carbonyl (C=O) groups is 2. The summed E-state index contributed by atoms with van der Waals surface area (Å²) in [6.45, 7) is 2.61. The summed E-state index contributed by atoms with van der Waals surface area (Å²) >= 11 is 6.43. The van der Waals surface area contributed by atoms with Crippen molar-refractivity contribution in [2.45, 2.75) is 26.1 Å². The van der Waals surface area contributed by atoms with E-state index in [0.717, 1.165) is 5.56 Å². The lowest BCUT2D eigenvalue weighted by Crippen LogP contribution is -2.29. The second kappa shape index (κ2) is 11.5. The van der Waals surface area contributed by atoms with Gasteiger partial charge in [-0.2, -0.15) is 0 Å². The molecule has 5 rings (SSSR count). The van der Waals surface area contributed by atoms with Crippen LogP contribution in [-0.2, 0) is 22.7 Å². The molecule has 1 N–H and O–H groups in total. The first kappa shape index (κ1) is 26.1. The van der Waals surface area contributed by atoms with Crippen LogP contribution in [0, 0.1) is 0 Å². The number of aliphatic hydroxyl groups excluding tert-OH is 1. The summed E-state index contributed by atoms with van der Waals surface area (Å²) in [5, 5.41) is 11.7. The number of hydrogen-bond donors (Lipinski definition) is 1. The maximum atomic E-state index is 13.4. The molecule has 4 aromatic rings. The van der Waals surface area contributed by atoms with Crippen molar-refractivity contribution in [1.82, 2.24) is 4.90 Å². The van der Waals surface area contributed by atoms with Crippen LogP contribution in [0.25, 0.3) is 5.76 Å². The Morgan fingerprint density at radius 3 is 2.49 bits per heavy atom. The van der Waals surface area contributed by atoms with Crippen LogP contribution in [0.3, 0.4) is 0 Å². The van der Waals surface area contributed by atoms with E-state index in [2.05, 4.69) is 0 Å². The number of ketones is 1. The fourth-order valence-electron chi connectivity index (χ4n) is 4.56. The number of nitrogens with zero attached hydrogens (tertiary/aromatic N) is 1. The minimum absolute atomic E-state index is 0.0286. The molecule has 0 aliphatic carbocycles. The van der Waals surface area contributed by atoms with Gasteiger partial charge < -0.3 is 23.9 Å². The third kappa shape index (κ3) is 5.54. The number of amides is 1. The standard InChI is InChI=1S/C31H26ClNO6/c1-2-37-23-13-14-26(32)25(17-23)29(34)27-28(33(31(36)30(27)35)18-24-12-7-15-38-24)21-10-6-11-22(16-21)39-19-20-8-4-3-5-9-20/h3-17,28,34H,2,18-19H2,1H3/b29-27+. The van der Waals surface area contributed by atoms with E-state index in [1.54, 1.807) is 54.6 Å². The third-order valence-corrected chi connectivity index (χ3v) is 6.70. The summed E-state index contributed by atoms with van der Waals surface area (Å²) in [5.74, 6) is -0.446. The largest absolute Gasteiger partial charge is 0.507 e. The van der Waals surface area contributed by atoms with Crippen LogP contribution in [0.5, 0.6) is 11.5 Å². The zero-order chi connectivity index (χ0) is 27.4. The van der Waals surface area contributed by atoms with Crippen molar-refractivity contribution in [2.75, 3.05) is 6.61 Å². The Kier molecular flexibility index (Phi) is 7.70. The molecule has 1 aromatic heterocycles. The molecule has 1 aliphatic heterocycles. The molecular formula is C31H26ClNO6. The smallest absolute Gasteiger partial charge is 0.296 e. The normalized spacial score (nSPS) is 16.5. The molecule has 1 aliphatic rings. The van der Waals surface area contributed by atoms with Crippen LogP contribution < -0.4 is 9.47 Å². The molecule has 0 radical (unpaired) electrons. The molecular weight excluding hydrogens is 518 g/mol. The molecule has 1 fully saturated rings. The molecule has 0 spiro atoms. The van der Waals surface area contributed by atoms with Crippen molar-refractivity contribution in [3.63, 3.8) is 0 Å². The number of Topliss-reactive ketones (excluding diaryl/α,β-unsaturated/α-hetero) is 1. The lowest BCUT2D eigenvalue weighted by Gasteiger charge is -2.25. The van der Waals surface area contributed by atoms with Crippen molar-refractivity contribution in [2.24, 2.45) is 0 Å². The SMILES string of the molecule is CCOc1ccc(Cl)c(/C(O)=C2\C(=O)C(=O)N(Cc3ccco3)C2c2cccc(OCc3ccccc3)c2)c1. The van der Waals surface area contributed by atoms with Gasteiger partial charge in [-0.25, -0.2) is 0 Å². The highest BCUT2D eigenvalue weighted by Crippen LogP contribution is 2.42. The molecule has 1 atom stereocenters.